The van der Waals surface area contributed by atoms with Gasteiger partial charge in [-0.15, -0.1) is 0 Å². The Bertz CT molecular complexity index is 388. The van der Waals surface area contributed by atoms with Gasteiger partial charge in [0.2, 0.25) is 0 Å². The van der Waals surface area contributed by atoms with Crippen molar-refractivity contribution >= 4 is 15.9 Å². The molecule has 0 heterocycles. The van der Waals surface area contributed by atoms with E-state index >= 15 is 0 Å². The first kappa shape index (κ1) is 12.1. The van der Waals surface area contributed by atoms with E-state index < -0.39 is 0 Å². The molecule has 0 N–H and O–H groups in total. The van der Waals surface area contributed by atoms with Crippen LogP contribution in [-0.4, -0.2) is 6.61 Å². The van der Waals surface area contributed by atoms with E-state index in [1.54, 1.807) is 6.07 Å². The SMILES string of the molecule is CC(C)(C)COc1ccc(Br)cc1C#N. The number of hydrogen-bond donors (Lipinski definition) is 0. The van der Waals surface area contributed by atoms with Gasteiger partial charge in [-0.05, 0) is 23.6 Å². The summed E-state index contributed by atoms with van der Waals surface area (Å²) in [6.45, 7) is 6.89. The van der Waals surface area contributed by atoms with Gasteiger partial charge in [0.25, 0.3) is 0 Å². The van der Waals surface area contributed by atoms with Crippen molar-refractivity contribution in [2.24, 2.45) is 5.41 Å². The second-order valence-corrected chi connectivity index (χ2v) is 5.52. The van der Waals surface area contributed by atoms with Crippen molar-refractivity contribution < 1.29 is 4.74 Å². The molecule has 0 radical (unpaired) electrons. The minimum absolute atomic E-state index is 0.0970. The molecule has 0 bridgehead atoms. The molecule has 0 aliphatic heterocycles. The van der Waals surface area contributed by atoms with E-state index in [0.717, 1.165) is 4.47 Å². The third-order valence-corrected chi connectivity index (χ3v) is 2.22. The number of nitriles is 1. The second kappa shape index (κ2) is 4.67. The minimum Gasteiger partial charge on any atom is -0.492 e. The summed E-state index contributed by atoms with van der Waals surface area (Å²) >= 11 is 3.32. The molecule has 1 rings (SSSR count). The Kier molecular flexibility index (Phi) is 3.76. The van der Waals surface area contributed by atoms with Crippen LogP contribution in [0.4, 0.5) is 0 Å². The number of hydrogen-bond acceptors (Lipinski definition) is 2. The molecule has 2 nitrogen and oxygen atoms in total. The van der Waals surface area contributed by atoms with Crippen molar-refractivity contribution in [2.75, 3.05) is 6.61 Å². The molecule has 0 aliphatic carbocycles. The van der Waals surface area contributed by atoms with E-state index in [0.29, 0.717) is 17.9 Å². The molecule has 15 heavy (non-hydrogen) atoms. The fraction of sp³-hybridized carbons (Fsp3) is 0.417. The first-order chi connectivity index (χ1) is 6.92. The summed E-state index contributed by atoms with van der Waals surface area (Å²) in [5, 5.41) is 8.92. The van der Waals surface area contributed by atoms with Crippen LogP contribution in [0.3, 0.4) is 0 Å². The lowest BCUT2D eigenvalue weighted by atomic mass is 9.99. The summed E-state index contributed by atoms with van der Waals surface area (Å²) in [5.74, 6) is 0.649. The molecule has 0 fully saturated rings. The fourth-order valence-electron chi connectivity index (χ4n) is 1.01. The highest BCUT2D eigenvalue weighted by Crippen LogP contribution is 2.24. The molecular weight excluding hydrogens is 254 g/mol. The highest BCUT2D eigenvalue weighted by Gasteiger charge is 2.12. The maximum absolute atomic E-state index is 8.92. The lowest BCUT2D eigenvalue weighted by Gasteiger charge is -2.19. The standard InChI is InChI=1S/C12H14BrNO/c1-12(2,3)8-15-11-5-4-10(13)6-9(11)7-14/h4-6H,8H2,1-3H3. The quantitative estimate of drug-likeness (QED) is 0.818. The van der Waals surface area contributed by atoms with Crippen LogP contribution >= 0.6 is 15.9 Å². The average Bonchev–Trinajstić information content (AvgIpc) is 2.14. The van der Waals surface area contributed by atoms with Crippen molar-refractivity contribution in [3.63, 3.8) is 0 Å². The van der Waals surface area contributed by atoms with E-state index in [-0.39, 0.29) is 5.41 Å². The molecule has 0 spiro atoms. The first-order valence-corrected chi connectivity index (χ1v) is 5.54. The topological polar surface area (TPSA) is 33.0 Å². The summed E-state index contributed by atoms with van der Waals surface area (Å²) in [5.41, 5.74) is 0.661. The monoisotopic (exact) mass is 267 g/mol. The van der Waals surface area contributed by atoms with Gasteiger partial charge in [-0.1, -0.05) is 36.7 Å². The molecule has 0 saturated heterocycles. The molecule has 1 aromatic carbocycles. The number of halogens is 1. The van der Waals surface area contributed by atoms with Crippen LogP contribution in [0.1, 0.15) is 26.3 Å². The third kappa shape index (κ3) is 3.93. The van der Waals surface area contributed by atoms with E-state index in [4.69, 9.17) is 10.00 Å². The molecule has 3 heteroatoms. The molecular formula is C12H14BrNO. The summed E-state index contributed by atoms with van der Waals surface area (Å²) in [6.07, 6.45) is 0. The van der Waals surface area contributed by atoms with Crippen LogP contribution in [0.2, 0.25) is 0 Å². The number of nitrogens with zero attached hydrogens (tertiary/aromatic N) is 1. The van der Waals surface area contributed by atoms with E-state index in [1.165, 1.54) is 0 Å². The second-order valence-electron chi connectivity index (χ2n) is 4.60. The lowest BCUT2D eigenvalue weighted by molar-refractivity contribution is 0.197. The zero-order valence-corrected chi connectivity index (χ0v) is 10.8. The minimum atomic E-state index is 0.0970. The van der Waals surface area contributed by atoms with Gasteiger partial charge in [0.1, 0.15) is 11.8 Å². The van der Waals surface area contributed by atoms with Crippen molar-refractivity contribution in [3.8, 4) is 11.8 Å². The van der Waals surface area contributed by atoms with Gasteiger partial charge in [0.15, 0.2) is 0 Å². The molecule has 80 valence electrons. The summed E-state index contributed by atoms with van der Waals surface area (Å²) in [4.78, 5) is 0. The molecule has 0 atom stereocenters. The van der Waals surface area contributed by atoms with Crippen LogP contribution in [0.25, 0.3) is 0 Å². The highest BCUT2D eigenvalue weighted by molar-refractivity contribution is 9.10. The Morgan fingerprint density at radius 1 is 1.40 bits per heavy atom. The molecule has 0 aliphatic rings. The molecule has 1 aromatic rings. The van der Waals surface area contributed by atoms with Crippen LogP contribution < -0.4 is 4.74 Å². The predicted molar refractivity (Wildman–Crippen MR) is 63.8 cm³/mol. The maximum Gasteiger partial charge on any atom is 0.137 e. The van der Waals surface area contributed by atoms with Crippen LogP contribution in [-0.2, 0) is 0 Å². The zero-order chi connectivity index (χ0) is 11.5. The van der Waals surface area contributed by atoms with E-state index in [9.17, 15) is 0 Å². The average molecular weight is 268 g/mol. The van der Waals surface area contributed by atoms with Gasteiger partial charge in [0, 0.05) is 4.47 Å². The summed E-state index contributed by atoms with van der Waals surface area (Å²) in [7, 11) is 0. The molecule has 0 saturated carbocycles. The molecule has 0 amide bonds. The van der Waals surface area contributed by atoms with Gasteiger partial charge >= 0.3 is 0 Å². The third-order valence-electron chi connectivity index (χ3n) is 1.72. The summed E-state index contributed by atoms with van der Waals surface area (Å²) in [6, 6.07) is 7.57. The zero-order valence-electron chi connectivity index (χ0n) is 9.17. The van der Waals surface area contributed by atoms with Crippen LogP contribution in [0.15, 0.2) is 22.7 Å². The Balaban J connectivity index is 2.82. The van der Waals surface area contributed by atoms with Crippen molar-refractivity contribution in [2.45, 2.75) is 20.8 Å². The van der Waals surface area contributed by atoms with Gasteiger partial charge in [-0.2, -0.15) is 5.26 Å². The Morgan fingerprint density at radius 2 is 2.07 bits per heavy atom. The fourth-order valence-corrected chi connectivity index (χ4v) is 1.37. The predicted octanol–water partition coefficient (Wildman–Crippen LogP) is 3.75. The highest BCUT2D eigenvalue weighted by atomic mass is 79.9. The Morgan fingerprint density at radius 3 is 2.60 bits per heavy atom. The number of ether oxygens (including phenoxy) is 1. The summed E-state index contributed by atoms with van der Waals surface area (Å²) < 4.78 is 6.50. The molecule has 0 aromatic heterocycles. The van der Waals surface area contributed by atoms with Crippen molar-refractivity contribution in [3.05, 3.63) is 28.2 Å². The largest absolute Gasteiger partial charge is 0.492 e. The van der Waals surface area contributed by atoms with Gasteiger partial charge in [-0.25, -0.2) is 0 Å². The van der Waals surface area contributed by atoms with E-state index in [2.05, 4.69) is 42.8 Å². The maximum atomic E-state index is 8.92. The first-order valence-electron chi connectivity index (χ1n) is 4.75. The lowest BCUT2D eigenvalue weighted by Crippen LogP contribution is -2.17. The van der Waals surface area contributed by atoms with E-state index in [1.807, 2.05) is 12.1 Å². The Hall–Kier alpha value is -1.01. The van der Waals surface area contributed by atoms with Gasteiger partial charge in [-0.3, -0.25) is 0 Å². The van der Waals surface area contributed by atoms with Crippen molar-refractivity contribution in [1.29, 1.82) is 5.26 Å². The van der Waals surface area contributed by atoms with Gasteiger partial charge < -0.3 is 4.74 Å². The van der Waals surface area contributed by atoms with Crippen LogP contribution in [0.5, 0.6) is 5.75 Å². The number of rotatable bonds is 2. The smallest absolute Gasteiger partial charge is 0.137 e. The number of benzene rings is 1. The van der Waals surface area contributed by atoms with Crippen LogP contribution in [0, 0.1) is 16.7 Å². The molecule has 0 unspecified atom stereocenters. The normalized spacial score (nSPS) is 10.9. The van der Waals surface area contributed by atoms with Gasteiger partial charge in [0.05, 0.1) is 12.2 Å². The van der Waals surface area contributed by atoms with Crippen molar-refractivity contribution in [1.82, 2.24) is 0 Å². The Labute approximate surface area is 99.0 Å².